The van der Waals surface area contributed by atoms with E-state index in [0.29, 0.717) is 0 Å². The first-order valence-corrected chi connectivity index (χ1v) is 6.86. The minimum atomic E-state index is -0.209. The number of halogens is 2. The molecule has 2 aromatic carbocycles. The Morgan fingerprint density at radius 2 is 1.85 bits per heavy atom. The normalized spacial score (nSPS) is 10.6. The number of nitrogens with zero attached hydrogens (tertiary/aromatic N) is 1. The van der Waals surface area contributed by atoms with Crippen molar-refractivity contribution in [2.45, 2.75) is 13.1 Å². The van der Waals surface area contributed by atoms with Gasteiger partial charge in [0.25, 0.3) is 0 Å². The van der Waals surface area contributed by atoms with Crippen molar-refractivity contribution < 1.29 is 4.39 Å². The van der Waals surface area contributed by atoms with Gasteiger partial charge in [0.15, 0.2) is 0 Å². The van der Waals surface area contributed by atoms with Crippen molar-refractivity contribution >= 4 is 17.3 Å². The van der Waals surface area contributed by atoms with Crippen molar-refractivity contribution in [3.05, 3.63) is 64.4 Å². The summed E-state index contributed by atoms with van der Waals surface area (Å²) in [5.74, 6) is -0.209. The van der Waals surface area contributed by atoms with Crippen molar-refractivity contribution in [2.75, 3.05) is 19.0 Å². The van der Waals surface area contributed by atoms with Crippen molar-refractivity contribution in [3.63, 3.8) is 0 Å². The molecule has 0 radical (unpaired) electrons. The van der Waals surface area contributed by atoms with Gasteiger partial charge in [-0.05, 0) is 48.5 Å². The zero-order valence-corrected chi connectivity index (χ0v) is 12.4. The third-order valence-corrected chi connectivity index (χ3v) is 3.39. The van der Waals surface area contributed by atoms with Gasteiger partial charge in [0.1, 0.15) is 5.82 Å². The summed E-state index contributed by atoms with van der Waals surface area (Å²) in [6, 6.07) is 12.4. The number of hydrogen-bond acceptors (Lipinski definition) is 2. The minimum Gasteiger partial charge on any atom is -0.370 e. The lowest BCUT2D eigenvalue weighted by Gasteiger charge is -2.23. The van der Waals surface area contributed by atoms with E-state index in [0.717, 1.165) is 34.9 Å². The van der Waals surface area contributed by atoms with Gasteiger partial charge in [0, 0.05) is 30.8 Å². The molecule has 0 saturated carbocycles. The van der Waals surface area contributed by atoms with E-state index in [1.54, 1.807) is 12.1 Å². The second-order valence-corrected chi connectivity index (χ2v) is 5.22. The summed E-state index contributed by atoms with van der Waals surface area (Å²) >= 11 is 6.05. The summed E-state index contributed by atoms with van der Waals surface area (Å²) in [5, 5.41) is 3.87. The van der Waals surface area contributed by atoms with Crippen molar-refractivity contribution in [1.29, 1.82) is 0 Å². The minimum absolute atomic E-state index is 0.209. The molecule has 2 nitrogen and oxygen atoms in total. The lowest BCUT2D eigenvalue weighted by Crippen LogP contribution is -2.19. The monoisotopic (exact) mass is 292 g/mol. The molecule has 0 aliphatic heterocycles. The van der Waals surface area contributed by atoms with E-state index in [1.165, 1.54) is 12.1 Å². The van der Waals surface area contributed by atoms with Crippen LogP contribution in [0.2, 0.25) is 5.02 Å². The van der Waals surface area contributed by atoms with Gasteiger partial charge >= 0.3 is 0 Å². The van der Waals surface area contributed by atoms with Crippen LogP contribution >= 0.6 is 11.6 Å². The number of nitrogens with one attached hydrogen (secondary N) is 1. The van der Waals surface area contributed by atoms with Crippen LogP contribution in [0.5, 0.6) is 0 Å². The summed E-state index contributed by atoms with van der Waals surface area (Å²) in [5.41, 5.74) is 3.33. The van der Waals surface area contributed by atoms with Crippen molar-refractivity contribution in [1.82, 2.24) is 5.32 Å². The van der Waals surface area contributed by atoms with Crippen LogP contribution in [0.4, 0.5) is 10.1 Å². The average Bonchev–Trinajstić information content (AvgIpc) is 2.42. The number of hydrogen-bond donors (Lipinski definition) is 1. The van der Waals surface area contributed by atoms with Gasteiger partial charge in [-0.2, -0.15) is 0 Å². The molecule has 0 unspecified atom stereocenters. The molecule has 20 heavy (non-hydrogen) atoms. The fraction of sp³-hybridized carbons (Fsp3) is 0.250. The van der Waals surface area contributed by atoms with Crippen molar-refractivity contribution in [3.8, 4) is 0 Å². The first-order valence-electron chi connectivity index (χ1n) is 6.49. The Hall–Kier alpha value is -1.58. The van der Waals surface area contributed by atoms with Crippen LogP contribution in [0.15, 0.2) is 42.5 Å². The molecule has 2 aromatic rings. The highest BCUT2D eigenvalue weighted by molar-refractivity contribution is 6.30. The van der Waals surface area contributed by atoms with Gasteiger partial charge in [-0.1, -0.05) is 23.7 Å². The van der Waals surface area contributed by atoms with E-state index in [-0.39, 0.29) is 5.82 Å². The van der Waals surface area contributed by atoms with Gasteiger partial charge in [0.05, 0.1) is 0 Å². The maximum Gasteiger partial charge on any atom is 0.123 e. The van der Waals surface area contributed by atoms with E-state index in [2.05, 4.69) is 10.2 Å². The first-order chi connectivity index (χ1) is 9.60. The summed E-state index contributed by atoms with van der Waals surface area (Å²) < 4.78 is 12.9. The largest absolute Gasteiger partial charge is 0.370 e. The third kappa shape index (κ3) is 3.71. The van der Waals surface area contributed by atoms with E-state index in [9.17, 15) is 4.39 Å². The molecule has 0 aliphatic carbocycles. The number of benzene rings is 2. The second-order valence-electron chi connectivity index (χ2n) is 4.79. The average molecular weight is 293 g/mol. The number of anilines is 1. The second kappa shape index (κ2) is 6.73. The van der Waals surface area contributed by atoms with E-state index < -0.39 is 0 Å². The Bertz CT molecular complexity index is 569. The topological polar surface area (TPSA) is 15.3 Å². The fourth-order valence-electron chi connectivity index (χ4n) is 2.21. The zero-order chi connectivity index (χ0) is 14.5. The molecule has 0 spiro atoms. The SMILES string of the molecule is CNCc1cc(Cl)ccc1N(C)Cc1ccc(F)cc1. The summed E-state index contributed by atoms with van der Waals surface area (Å²) in [7, 11) is 3.93. The van der Waals surface area contributed by atoms with Crippen LogP contribution in [0.3, 0.4) is 0 Å². The summed E-state index contributed by atoms with van der Waals surface area (Å²) in [6.07, 6.45) is 0. The molecule has 4 heteroatoms. The zero-order valence-electron chi connectivity index (χ0n) is 11.7. The standard InChI is InChI=1S/C16H18ClFN2/c1-19-10-13-9-14(17)5-8-16(13)20(2)11-12-3-6-15(18)7-4-12/h3-9,19H,10-11H2,1-2H3. The van der Waals surface area contributed by atoms with Crippen LogP contribution in [0.25, 0.3) is 0 Å². The Morgan fingerprint density at radius 1 is 1.15 bits per heavy atom. The van der Waals surface area contributed by atoms with Crippen LogP contribution in [0, 0.1) is 5.82 Å². The molecule has 0 atom stereocenters. The molecule has 0 aliphatic rings. The summed E-state index contributed by atoms with van der Waals surface area (Å²) in [4.78, 5) is 2.14. The maximum absolute atomic E-state index is 12.9. The molecule has 0 heterocycles. The Labute approximate surface area is 124 Å². The molecule has 0 fully saturated rings. The van der Waals surface area contributed by atoms with Gasteiger partial charge in [-0.3, -0.25) is 0 Å². The van der Waals surface area contributed by atoms with Crippen LogP contribution < -0.4 is 10.2 Å². The molecule has 0 amide bonds. The lowest BCUT2D eigenvalue weighted by atomic mass is 10.1. The molecule has 0 saturated heterocycles. The quantitative estimate of drug-likeness (QED) is 0.901. The summed E-state index contributed by atoms with van der Waals surface area (Å²) in [6.45, 7) is 1.47. The molecule has 106 valence electrons. The Kier molecular flexibility index (Phi) is 4.99. The molecule has 0 aromatic heterocycles. The highest BCUT2D eigenvalue weighted by Crippen LogP contribution is 2.24. The highest BCUT2D eigenvalue weighted by Gasteiger charge is 2.08. The first kappa shape index (κ1) is 14.8. The van der Waals surface area contributed by atoms with Crippen molar-refractivity contribution in [2.24, 2.45) is 0 Å². The van der Waals surface area contributed by atoms with Gasteiger partial charge in [-0.25, -0.2) is 4.39 Å². The van der Waals surface area contributed by atoms with Gasteiger partial charge in [0.2, 0.25) is 0 Å². The molecular weight excluding hydrogens is 275 g/mol. The lowest BCUT2D eigenvalue weighted by molar-refractivity contribution is 0.627. The maximum atomic E-state index is 12.9. The molecular formula is C16H18ClFN2. The van der Waals surface area contributed by atoms with E-state index >= 15 is 0 Å². The highest BCUT2D eigenvalue weighted by atomic mass is 35.5. The molecule has 0 bridgehead atoms. The third-order valence-electron chi connectivity index (χ3n) is 3.15. The van der Waals surface area contributed by atoms with Crippen LogP contribution in [-0.4, -0.2) is 14.1 Å². The number of rotatable bonds is 5. The predicted molar refractivity (Wildman–Crippen MR) is 82.7 cm³/mol. The molecule has 2 rings (SSSR count). The van der Waals surface area contributed by atoms with E-state index in [4.69, 9.17) is 11.6 Å². The van der Waals surface area contributed by atoms with Crippen LogP contribution in [-0.2, 0) is 13.1 Å². The van der Waals surface area contributed by atoms with Gasteiger partial charge in [-0.15, -0.1) is 0 Å². The van der Waals surface area contributed by atoms with E-state index in [1.807, 2.05) is 32.3 Å². The Morgan fingerprint density at radius 3 is 2.50 bits per heavy atom. The van der Waals surface area contributed by atoms with Gasteiger partial charge < -0.3 is 10.2 Å². The smallest absolute Gasteiger partial charge is 0.123 e. The fourth-order valence-corrected chi connectivity index (χ4v) is 2.40. The predicted octanol–water partition coefficient (Wildman–Crippen LogP) is 3.83. The Balaban J connectivity index is 2.19. The molecule has 1 N–H and O–H groups in total. The van der Waals surface area contributed by atoms with Crippen LogP contribution in [0.1, 0.15) is 11.1 Å².